The van der Waals surface area contributed by atoms with Crippen molar-refractivity contribution in [2.45, 2.75) is 38.5 Å². The summed E-state index contributed by atoms with van der Waals surface area (Å²) in [6.07, 6.45) is 0.120. The molecule has 0 saturated heterocycles. The molecule has 0 aromatic heterocycles. The summed E-state index contributed by atoms with van der Waals surface area (Å²) in [5.41, 5.74) is 0.790. The lowest BCUT2D eigenvalue weighted by molar-refractivity contribution is -0.124. The molecule has 5 heteroatoms. The first kappa shape index (κ1) is 15.5. The zero-order valence-corrected chi connectivity index (χ0v) is 13.3. The number of halogens is 1. The number of benzene rings is 1. The Bertz CT molecular complexity index is 463. The first-order valence-electron chi connectivity index (χ1n) is 6.88. The monoisotopic (exact) mass is 341 g/mol. The largest absolute Gasteiger partial charge is 0.386 e. The van der Waals surface area contributed by atoms with Crippen LogP contribution in [-0.2, 0) is 9.53 Å². The van der Waals surface area contributed by atoms with Crippen molar-refractivity contribution in [3.63, 3.8) is 0 Å². The molecule has 0 aliphatic heterocycles. The van der Waals surface area contributed by atoms with Crippen LogP contribution < -0.4 is 5.32 Å². The predicted octanol–water partition coefficient (Wildman–Crippen LogP) is 2.41. The third-order valence-corrected chi connectivity index (χ3v) is 4.03. The van der Waals surface area contributed by atoms with Crippen molar-refractivity contribution < 1.29 is 14.6 Å². The van der Waals surface area contributed by atoms with Gasteiger partial charge in [-0.1, -0.05) is 28.1 Å². The van der Waals surface area contributed by atoms with Crippen LogP contribution in [0.5, 0.6) is 0 Å². The molecule has 4 atom stereocenters. The molecule has 4 nitrogen and oxygen atoms in total. The molecule has 2 rings (SSSR count). The van der Waals surface area contributed by atoms with E-state index in [1.165, 1.54) is 0 Å². The molecule has 2 N–H and O–H groups in total. The van der Waals surface area contributed by atoms with Crippen molar-refractivity contribution in [1.29, 1.82) is 0 Å². The number of hydrogen-bond donors (Lipinski definition) is 2. The molecule has 110 valence electrons. The van der Waals surface area contributed by atoms with Crippen molar-refractivity contribution in [2.75, 3.05) is 6.61 Å². The average Bonchev–Trinajstić information content (AvgIpc) is 3.18. The fourth-order valence-electron chi connectivity index (χ4n) is 2.20. The fourth-order valence-corrected chi connectivity index (χ4v) is 2.47. The number of aliphatic hydroxyl groups excluding tert-OH is 1. The molecule has 0 radical (unpaired) electrons. The maximum atomic E-state index is 12.0. The minimum Gasteiger partial charge on any atom is -0.386 e. The van der Waals surface area contributed by atoms with Gasteiger partial charge in [0, 0.05) is 11.1 Å². The third-order valence-electron chi connectivity index (χ3n) is 3.50. The Kier molecular flexibility index (Phi) is 5.18. The lowest BCUT2D eigenvalue weighted by Gasteiger charge is -2.20. The molecule has 1 fully saturated rings. The minimum atomic E-state index is -0.712. The lowest BCUT2D eigenvalue weighted by atomic mass is 10.0. The van der Waals surface area contributed by atoms with Crippen LogP contribution in [0, 0.1) is 5.92 Å². The van der Waals surface area contributed by atoms with E-state index in [1.807, 2.05) is 38.1 Å². The van der Waals surface area contributed by atoms with Gasteiger partial charge in [0.15, 0.2) is 0 Å². The van der Waals surface area contributed by atoms with E-state index in [4.69, 9.17) is 4.74 Å². The Labute approximate surface area is 127 Å². The summed E-state index contributed by atoms with van der Waals surface area (Å²) in [4.78, 5) is 12.0. The fraction of sp³-hybridized carbons (Fsp3) is 0.533. The molecular formula is C15H20BrNO3. The molecule has 4 unspecified atom stereocenters. The quantitative estimate of drug-likeness (QED) is 0.835. The Morgan fingerprint density at radius 2 is 2.15 bits per heavy atom. The van der Waals surface area contributed by atoms with Crippen LogP contribution in [-0.4, -0.2) is 29.8 Å². The van der Waals surface area contributed by atoms with E-state index in [-0.39, 0.29) is 24.0 Å². The van der Waals surface area contributed by atoms with Gasteiger partial charge in [-0.2, -0.15) is 0 Å². The molecule has 1 amide bonds. The number of amides is 1. The smallest absolute Gasteiger partial charge is 0.226 e. The minimum absolute atomic E-state index is 0.0351. The van der Waals surface area contributed by atoms with Gasteiger partial charge < -0.3 is 15.2 Å². The van der Waals surface area contributed by atoms with Crippen LogP contribution in [0.25, 0.3) is 0 Å². The highest BCUT2D eigenvalue weighted by Gasteiger charge is 2.44. The predicted molar refractivity (Wildman–Crippen MR) is 80.2 cm³/mol. The summed E-state index contributed by atoms with van der Waals surface area (Å²) < 4.78 is 6.36. The number of rotatable bonds is 6. The molecule has 1 aromatic carbocycles. The van der Waals surface area contributed by atoms with Crippen molar-refractivity contribution in [3.05, 3.63) is 34.3 Å². The second-order valence-corrected chi connectivity index (χ2v) is 6.05. The normalized spacial score (nSPS) is 24.0. The van der Waals surface area contributed by atoms with E-state index in [1.54, 1.807) is 0 Å². The van der Waals surface area contributed by atoms with Crippen molar-refractivity contribution in [3.8, 4) is 0 Å². The number of aliphatic hydroxyl groups is 1. The Balaban J connectivity index is 1.86. The van der Waals surface area contributed by atoms with Gasteiger partial charge in [0.2, 0.25) is 5.91 Å². The Hall–Kier alpha value is -0.910. The highest BCUT2D eigenvalue weighted by Crippen LogP contribution is 2.34. The molecule has 1 aromatic rings. The van der Waals surface area contributed by atoms with Crippen LogP contribution in [0.15, 0.2) is 28.7 Å². The number of carbonyl (C=O) groups is 1. The van der Waals surface area contributed by atoms with Gasteiger partial charge in [-0.3, -0.25) is 4.79 Å². The summed E-state index contributed by atoms with van der Waals surface area (Å²) in [5.74, 6) is -0.0957. The molecule has 1 saturated carbocycles. The van der Waals surface area contributed by atoms with Crippen molar-refractivity contribution >= 4 is 21.8 Å². The van der Waals surface area contributed by atoms with E-state index in [0.717, 1.165) is 16.5 Å². The molecule has 0 heterocycles. The maximum absolute atomic E-state index is 12.0. The van der Waals surface area contributed by atoms with Gasteiger partial charge >= 0.3 is 0 Å². The maximum Gasteiger partial charge on any atom is 0.226 e. The van der Waals surface area contributed by atoms with Gasteiger partial charge in [0.25, 0.3) is 0 Å². The SMILES string of the molecule is CCOC1CC1C(=O)NC(C)C(O)c1ccc(Br)cc1. The van der Waals surface area contributed by atoms with Gasteiger partial charge in [-0.25, -0.2) is 0 Å². The second kappa shape index (κ2) is 6.70. The summed E-state index contributed by atoms with van der Waals surface area (Å²) in [7, 11) is 0. The van der Waals surface area contributed by atoms with E-state index in [9.17, 15) is 9.90 Å². The number of nitrogens with one attached hydrogen (secondary N) is 1. The average molecular weight is 342 g/mol. The van der Waals surface area contributed by atoms with Gasteiger partial charge in [-0.05, 0) is 38.0 Å². The van der Waals surface area contributed by atoms with Gasteiger partial charge in [-0.15, -0.1) is 0 Å². The van der Waals surface area contributed by atoms with Crippen molar-refractivity contribution in [2.24, 2.45) is 5.92 Å². The highest BCUT2D eigenvalue weighted by atomic mass is 79.9. The number of ether oxygens (including phenoxy) is 1. The standard InChI is InChI=1S/C15H20BrNO3/c1-3-20-13-8-12(13)15(19)17-9(2)14(18)10-4-6-11(16)7-5-10/h4-7,9,12-14,18H,3,8H2,1-2H3,(H,17,19). The summed E-state index contributed by atoms with van der Waals surface area (Å²) in [5, 5.41) is 13.1. The highest BCUT2D eigenvalue weighted by molar-refractivity contribution is 9.10. The molecule has 0 bridgehead atoms. The van der Waals surface area contributed by atoms with Crippen LogP contribution in [0.1, 0.15) is 31.9 Å². The summed E-state index contributed by atoms with van der Waals surface area (Å²) >= 11 is 3.36. The first-order valence-corrected chi connectivity index (χ1v) is 7.67. The Morgan fingerprint density at radius 1 is 1.50 bits per heavy atom. The van der Waals surface area contributed by atoms with Crippen LogP contribution in [0.3, 0.4) is 0 Å². The molecular weight excluding hydrogens is 322 g/mol. The number of hydrogen-bond acceptors (Lipinski definition) is 3. The topological polar surface area (TPSA) is 58.6 Å². The molecule has 1 aliphatic rings. The number of carbonyl (C=O) groups excluding carboxylic acids is 1. The second-order valence-electron chi connectivity index (χ2n) is 5.13. The molecule has 20 heavy (non-hydrogen) atoms. The molecule has 1 aliphatic carbocycles. The Morgan fingerprint density at radius 3 is 2.75 bits per heavy atom. The van der Waals surface area contributed by atoms with E-state index in [0.29, 0.717) is 6.61 Å². The van der Waals surface area contributed by atoms with Crippen LogP contribution in [0.4, 0.5) is 0 Å². The van der Waals surface area contributed by atoms with E-state index < -0.39 is 6.10 Å². The zero-order valence-electron chi connectivity index (χ0n) is 11.7. The van der Waals surface area contributed by atoms with Crippen LogP contribution in [0.2, 0.25) is 0 Å². The van der Waals surface area contributed by atoms with Gasteiger partial charge in [0.1, 0.15) is 0 Å². The van der Waals surface area contributed by atoms with Crippen LogP contribution >= 0.6 is 15.9 Å². The molecule has 0 spiro atoms. The third kappa shape index (κ3) is 3.81. The lowest BCUT2D eigenvalue weighted by Crippen LogP contribution is -2.38. The summed E-state index contributed by atoms with van der Waals surface area (Å²) in [6.45, 7) is 4.36. The van der Waals surface area contributed by atoms with Gasteiger partial charge in [0.05, 0.1) is 24.2 Å². The van der Waals surface area contributed by atoms with E-state index in [2.05, 4.69) is 21.2 Å². The zero-order chi connectivity index (χ0) is 14.7. The van der Waals surface area contributed by atoms with Crippen molar-refractivity contribution in [1.82, 2.24) is 5.32 Å². The van der Waals surface area contributed by atoms with E-state index >= 15 is 0 Å². The summed E-state index contributed by atoms with van der Waals surface area (Å²) in [6, 6.07) is 7.11. The first-order chi connectivity index (χ1) is 9.52.